The van der Waals surface area contributed by atoms with Crippen LogP contribution in [0.4, 0.5) is 4.79 Å². The van der Waals surface area contributed by atoms with E-state index >= 15 is 0 Å². The van der Waals surface area contributed by atoms with Crippen molar-refractivity contribution in [2.24, 2.45) is 5.92 Å². The molecule has 6 heteroatoms. The van der Waals surface area contributed by atoms with Crippen molar-refractivity contribution in [1.29, 1.82) is 0 Å². The normalized spacial score (nSPS) is 17.5. The van der Waals surface area contributed by atoms with E-state index in [1.165, 1.54) is 0 Å². The highest BCUT2D eigenvalue weighted by atomic mass is 16.6. The summed E-state index contributed by atoms with van der Waals surface area (Å²) in [6, 6.07) is 18.8. The number of likely N-dealkylation sites (tertiary alicyclic amines) is 1. The molecule has 1 aliphatic rings. The van der Waals surface area contributed by atoms with Crippen molar-refractivity contribution < 1.29 is 19.1 Å². The smallest absolute Gasteiger partial charge is 0.410 e. The Morgan fingerprint density at radius 1 is 1.06 bits per heavy atom. The average molecular weight is 425 g/mol. The number of benzene rings is 2. The fourth-order valence-electron chi connectivity index (χ4n) is 3.60. The number of amides is 2. The molecule has 0 radical (unpaired) electrons. The van der Waals surface area contributed by atoms with Gasteiger partial charge in [0.2, 0.25) is 6.10 Å². The number of para-hydroxylation sites is 1. The molecule has 1 fully saturated rings. The predicted octanol–water partition coefficient (Wildman–Crippen LogP) is 4.57. The number of piperidine rings is 1. The highest BCUT2D eigenvalue weighted by Crippen LogP contribution is 2.23. The highest BCUT2D eigenvalue weighted by Gasteiger charge is 2.29. The van der Waals surface area contributed by atoms with Gasteiger partial charge in [-0.05, 0) is 51.7 Å². The zero-order valence-electron chi connectivity index (χ0n) is 18.5. The van der Waals surface area contributed by atoms with E-state index in [4.69, 9.17) is 9.47 Å². The van der Waals surface area contributed by atoms with Crippen LogP contribution in [0.1, 0.15) is 45.3 Å². The number of hydrogen-bond donors (Lipinski definition) is 1. The van der Waals surface area contributed by atoms with Crippen LogP contribution < -0.4 is 10.1 Å². The first-order valence-electron chi connectivity index (χ1n) is 10.8. The standard InChI is InChI=1S/C25H32N2O4/c1-25(2,3)31-24(29)27-16-10-11-19(18-27)17-26-23(28)22(20-12-6-4-7-13-20)30-21-14-8-5-9-15-21/h4-9,12-15,19,22H,10-11,16-18H2,1-3H3,(H,26,28). The summed E-state index contributed by atoms with van der Waals surface area (Å²) >= 11 is 0. The lowest BCUT2D eigenvalue weighted by atomic mass is 9.98. The van der Waals surface area contributed by atoms with Crippen molar-refractivity contribution >= 4 is 12.0 Å². The molecule has 166 valence electrons. The summed E-state index contributed by atoms with van der Waals surface area (Å²) in [5.74, 6) is 0.628. The molecule has 0 aliphatic carbocycles. The summed E-state index contributed by atoms with van der Waals surface area (Å²) in [5, 5.41) is 3.04. The zero-order valence-corrected chi connectivity index (χ0v) is 18.5. The van der Waals surface area contributed by atoms with Gasteiger partial charge in [0.15, 0.2) is 0 Å². The molecule has 0 saturated carbocycles. The Labute approximate surface area is 184 Å². The van der Waals surface area contributed by atoms with Crippen molar-refractivity contribution in [1.82, 2.24) is 10.2 Å². The lowest BCUT2D eigenvalue weighted by Crippen LogP contribution is -2.46. The summed E-state index contributed by atoms with van der Waals surface area (Å²) < 4.78 is 11.5. The van der Waals surface area contributed by atoms with Crippen LogP contribution in [0, 0.1) is 5.92 Å². The van der Waals surface area contributed by atoms with Crippen LogP contribution in [0.25, 0.3) is 0 Å². The molecular weight excluding hydrogens is 392 g/mol. The minimum Gasteiger partial charge on any atom is -0.476 e. The zero-order chi connectivity index (χ0) is 22.3. The molecule has 1 heterocycles. The Morgan fingerprint density at radius 2 is 1.71 bits per heavy atom. The third-order valence-electron chi connectivity index (χ3n) is 5.07. The largest absolute Gasteiger partial charge is 0.476 e. The minimum absolute atomic E-state index is 0.179. The number of nitrogens with one attached hydrogen (secondary N) is 1. The molecule has 1 aliphatic heterocycles. The van der Waals surface area contributed by atoms with Crippen LogP contribution in [0.5, 0.6) is 5.75 Å². The number of nitrogens with zero attached hydrogens (tertiary/aromatic N) is 1. The molecule has 2 atom stereocenters. The molecule has 2 unspecified atom stereocenters. The maximum Gasteiger partial charge on any atom is 0.410 e. The molecule has 1 saturated heterocycles. The van der Waals surface area contributed by atoms with Gasteiger partial charge in [-0.25, -0.2) is 4.79 Å². The van der Waals surface area contributed by atoms with E-state index in [1.807, 2.05) is 81.4 Å². The van der Waals surface area contributed by atoms with E-state index in [0.717, 1.165) is 18.4 Å². The van der Waals surface area contributed by atoms with Gasteiger partial charge in [-0.15, -0.1) is 0 Å². The number of carbonyl (C=O) groups excluding carboxylic acids is 2. The van der Waals surface area contributed by atoms with E-state index in [-0.39, 0.29) is 17.9 Å². The van der Waals surface area contributed by atoms with Crippen LogP contribution in [-0.2, 0) is 9.53 Å². The quantitative estimate of drug-likeness (QED) is 0.738. The summed E-state index contributed by atoms with van der Waals surface area (Å²) in [6.07, 6.45) is 0.810. The number of hydrogen-bond acceptors (Lipinski definition) is 4. The van der Waals surface area contributed by atoms with Crippen LogP contribution >= 0.6 is 0 Å². The molecular formula is C25H32N2O4. The summed E-state index contributed by atoms with van der Waals surface area (Å²) in [5.41, 5.74) is 0.276. The fourth-order valence-corrected chi connectivity index (χ4v) is 3.60. The first-order chi connectivity index (χ1) is 14.8. The molecule has 31 heavy (non-hydrogen) atoms. The van der Waals surface area contributed by atoms with E-state index in [9.17, 15) is 9.59 Å². The fraction of sp³-hybridized carbons (Fsp3) is 0.440. The number of rotatable bonds is 6. The van der Waals surface area contributed by atoms with Gasteiger partial charge in [0.1, 0.15) is 11.4 Å². The van der Waals surface area contributed by atoms with Crippen LogP contribution in [0.2, 0.25) is 0 Å². The van der Waals surface area contributed by atoms with Gasteiger partial charge in [-0.3, -0.25) is 4.79 Å². The van der Waals surface area contributed by atoms with Crippen molar-refractivity contribution in [3.8, 4) is 5.75 Å². The maximum atomic E-state index is 13.1. The van der Waals surface area contributed by atoms with E-state index in [0.29, 0.717) is 25.4 Å². The molecule has 2 amide bonds. The second-order valence-electron chi connectivity index (χ2n) is 8.90. The number of carbonyl (C=O) groups is 2. The van der Waals surface area contributed by atoms with Gasteiger partial charge in [-0.2, -0.15) is 0 Å². The lowest BCUT2D eigenvalue weighted by Gasteiger charge is -2.34. The van der Waals surface area contributed by atoms with Crippen molar-refractivity contribution in [2.45, 2.75) is 45.3 Å². The molecule has 1 N–H and O–H groups in total. The van der Waals surface area contributed by atoms with Gasteiger partial charge in [0.05, 0.1) is 0 Å². The van der Waals surface area contributed by atoms with Gasteiger partial charge in [-0.1, -0.05) is 48.5 Å². The minimum atomic E-state index is -0.742. The highest BCUT2D eigenvalue weighted by molar-refractivity contribution is 5.82. The Balaban J connectivity index is 1.60. The molecule has 0 aromatic heterocycles. The Morgan fingerprint density at radius 3 is 2.35 bits per heavy atom. The lowest BCUT2D eigenvalue weighted by molar-refractivity contribution is -0.128. The van der Waals surface area contributed by atoms with Crippen molar-refractivity contribution in [3.63, 3.8) is 0 Å². The predicted molar refractivity (Wildman–Crippen MR) is 120 cm³/mol. The van der Waals surface area contributed by atoms with Gasteiger partial charge < -0.3 is 19.7 Å². The van der Waals surface area contributed by atoms with Crippen LogP contribution in [-0.4, -0.2) is 42.1 Å². The van der Waals surface area contributed by atoms with Gasteiger partial charge >= 0.3 is 6.09 Å². The number of ether oxygens (including phenoxy) is 2. The second-order valence-corrected chi connectivity index (χ2v) is 8.90. The SMILES string of the molecule is CC(C)(C)OC(=O)N1CCCC(CNC(=O)C(Oc2ccccc2)c2ccccc2)C1. The third-order valence-corrected chi connectivity index (χ3v) is 5.07. The molecule has 3 rings (SSSR count). The monoisotopic (exact) mass is 424 g/mol. The van der Waals surface area contributed by atoms with Crippen LogP contribution in [0.15, 0.2) is 60.7 Å². The summed E-state index contributed by atoms with van der Waals surface area (Å²) in [7, 11) is 0. The topological polar surface area (TPSA) is 67.9 Å². The average Bonchev–Trinajstić information content (AvgIpc) is 2.76. The van der Waals surface area contributed by atoms with Crippen LogP contribution in [0.3, 0.4) is 0 Å². The van der Waals surface area contributed by atoms with Gasteiger partial charge in [0, 0.05) is 25.2 Å². The van der Waals surface area contributed by atoms with Crippen molar-refractivity contribution in [3.05, 3.63) is 66.2 Å². The second kappa shape index (κ2) is 10.3. The Kier molecular flexibility index (Phi) is 7.55. The molecule has 6 nitrogen and oxygen atoms in total. The molecule has 2 aromatic rings. The first-order valence-corrected chi connectivity index (χ1v) is 10.8. The van der Waals surface area contributed by atoms with E-state index in [1.54, 1.807) is 4.90 Å². The molecule has 2 aromatic carbocycles. The van der Waals surface area contributed by atoms with E-state index in [2.05, 4.69) is 5.32 Å². The summed E-state index contributed by atoms with van der Waals surface area (Å²) in [4.78, 5) is 27.2. The van der Waals surface area contributed by atoms with E-state index < -0.39 is 11.7 Å². The maximum absolute atomic E-state index is 13.1. The van der Waals surface area contributed by atoms with Crippen molar-refractivity contribution in [2.75, 3.05) is 19.6 Å². The Hall–Kier alpha value is -3.02. The third kappa shape index (κ3) is 7.02. The first kappa shape index (κ1) is 22.7. The summed E-state index contributed by atoms with van der Waals surface area (Å²) in [6.45, 7) is 7.34. The molecule has 0 bridgehead atoms. The van der Waals surface area contributed by atoms with Gasteiger partial charge in [0.25, 0.3) is 5.91 Å². The molecule has 0 spiro atoms. The Bertz CT molecular complexity index is 849.